The number of aromatic nitrogens is 1. The minimum Gasteiger partial charge on any atom is -0.495 e. The van der Waals surface area contributed by atoms with Crippen molar-refractivity contribution in [2.45, 2.75) is 13.5 Å². The van der Waals surface area contributed by atoms with E-state index in [1.165, 1.54) is 11.7 Å². The molecule has 0 saturated carbocycles. The second kappa shape index (κ2) is 6.64. The summed E-state index contributed by atoms with van der Waals surface area (Å²) in [6.45, 7) is 2.13. The van der Waals surface area contributed by atoms with Gasteiger partial charge in [0, 0.05) is 11.9 Å². The lowest BCUT2D eigenvalue weighted by Crippen LogP contribution is -2.23. The van der Waals surface area contributed by atoms with Crippen molar-refractivity contribution in [3.63, 3.8) is 0 Å². The predicted molar refractivity (Wildman–Crippen MR) is 96.8 cm³/mol. The van der Waals surface area contributed by atoms with Crippen LogP contribution in [-0.4, -0.2) is 16.6 Å². The van der Waals surface area contributed by atoms with E-state index in [2.05, 4.69) is 5.32 Å². The Morgan fingerprint density at radius 3 is 2.52 bits per heavy atom. The molecule has 0 unspecified atom stereocenters. The number of hydrogen-bond acceptors (Lipinski definition) is 5. The zero-order valence-corrected chi connectivity index (χ0v) is 13.9. The maximum Gasteiger partial charge on any atom is 0.357 e. The number of anilines is 2. The van der Waals surface area contributed by atoms with Crippen molar-refractivity contribution < 1.29 is 9.66 Å². The summed E-state index contributed by atoms with van der Waals surface area (Å²) >= 11 is 0. The van der Waals surface area contributed by atoms with E-state index in [0.29, 0.717) is 28.9 Å². The molecule has 0 atom stereocenters. The zero-order chi connectivity index (χ0) is 18.0. The number of methoxy groups -OCH3 is 1. The van der Waals surface area contributed by atoms with E-state index >= 15 is 0 Å². The SMILES string of the molecule is CCn1c(=O)c([N+](=O)[O-])c(Nc2ccccc2OC)c2ccccc21. The Morgan fingerprint density at radius 1 is 1.16 bits per heavy atom. The highest BCUT2D eigenvalue weighted by molar-refractivity contribution is 5.98. The van der Waals surface area contributed by atoms with E-state index in [0.717, 1.165) is 0 Å². The van der Waals surface area contributed by atoms with Gasteiger partial charge in [0.15, 0.2) is 0 Å². The van der Waals surface area contributed by atoms with Crippen LogP contribution < -0.4 is 15.6 Å². The molecule has 0 aliphatic rings. The van der Waals surface area contributed by atoms with Crippen LogP contribution in [-0.2, 0) is 6.54 Å². The number of benzene rings is 2. The van der Waals surface area contributed by atoms with Gasteiger partial charge in [-0.1, -0.05) is 30.3 Å². The molecule has 1 aromatic heterocycles. The van der Waals surface area contributed by atoms with Crippen LogP contribution >= 0.6 is 0 Å². The first kappa shape index (κ1) is 16.5. The molecule has 0 aliphatic carbocycles. The Bertz CT molecular complexity index is 1010. The van der Waals surface area contributed by atoms with Crippen LogP contribution in [0.5, 0.6) is 5.75 Å². The average Bonchev–Trinajstić information content (AvgIpc) is 2.62. The first-order chi connectivity index (χ1) is 12.1. The van der Waals surface area contributed by atoms with Gasteiger partial charge < -0.3 is 14.6 Å². The normalized spacial score (nSPS) is 10.6. The summed E-state index contributed by atoms with van der Waals surface area (Å²) in [6.07, 6.45) is 0. The third-order valence-corrected chi connectivity index (χ3v) is 4.01. The molecule has 0 spiro atoms. The molecule has 7 nitrogen and oxygen atoms in total. The number of nitrogens with zero attached hydrogens (tertiary/aromatic N) is 2. The summed E-state index contributed by atoms with van der Waals surface area (Å²) in [5, 5.41) is 15.2. The number of para-hydroxylation sites is 3. The highest BCUT2D eigenvalue weighted by atomic mass is 16.6. The van der Waals surface area contributed by atoms with Gasteiger partial charge in [-0.15, -0.1) is 0 Å². The maximum absolute atomic E-state index is 12.7. The monoisotopic (exact) mass is 339 g/mol. The molecule has 25 heavy (non-hydrogen) atoms. The van der Waals surface area contributed by atoms with Crippen molar-refractivity contribution >= 4 is 28.0 Å². The van der Waals surface area contributed by atoms with Crippen molar-refractivity contribution in [3.05, 3.63) is 69.0 Å². The lowest BCUT2D eigenvalue weighted by atomic mass is 10.1. The molecular formula is C18H17N3O4. The predicted octanol–water partition coefficient (Wildman–Crippen LogP) is 3.68. The first-order valence-corrected chi connectivity index (χ1v) is 7.78. The van der Waals surface area contributed by atoms with Crippen molar-refractivity contribution in [2.75, 3.05) is 12.4 Å². The topological polar surface area (TPSA) is 86.4 Å². The molecule has 3 aromatic rings. The largest absolute Gasteiger partial charge is 0.495 e. The lowest BCUT2D eigenvalue weighted by Gasteiger charge is -2.15. The van der Waals surface area contributed by atoms with Crippen molar-refractivity contribution in [1.82, 2.24) is 4.57 Å². The first-order valence-electron chi connectivity index (χ1n) is 7.78. The van der Waals surface area contributed by atoms with Crippen molar-refractivity contribution in [2.24, 2.45) is 0 Å². The summed E-state index contributed by atoms with van der Waals surface area (Å²) in [5.74, 6) is 0.528. The van der Waals surface area contributed by atoms with Crippen LogP contribution in [0.2, 0.25) is 0 Å². The van der Waals surface area contributed by atoms with E-state index in [1.807, 2.05) is 0 Å². The highest BCUT2D eigenvalue weighted by Gasteiger charge is 2.26. The molecule has 0 radical (unpaired) electrons. The molecule has 2 aromatic carbocycles. The number of nitro groups is 1. The number of hydrogen-bond donors (Lipinski definition) is 1. The smallest absolute Gasteiger partial charge is 0.357 e. The van der Waals surface area contributed by atoms with Gasteiger partial charge in [-0.25, -0.2) is 0 Å². The van der Waals surface area contributed by atoms with Crippen LogP contribution in [0.4, 0.5) is 17.1 Å². The van der Waals surface area contributed by atoms with Crippen molar-refractivity contribution in [1.29, 1.82) is 0 Å². The fraction of sp³-hybridized carbons (Fsp3) is 0.167. The van der Waals surface area contributed by atoms with Gasteiger partial charge in [-0.05, 0) is 25.1 Å². The Balaban J connectivity index is 2.35. The van der Waals surface area contributed by atoms with Crippen molar-refractivity contribution in [3.8, 4) is 5.75 Å². The summed E-state index contributed by atoms with van der Waals surface area (Å²) in [5.41, 5.74) is 0.236. The third kappa shape index (κ3) is 2.80. The standard InChI is InChI=1S/C18H17N3O4/c1-3-20-14-10-6-4-8-12(14)16(17(18(20)22)21(23)24)19-13-9-5-7-11-15(13)25-2/h4-11,19H,3H2,1-2H3. The lowest BCUT2D eigenvalue weighted by molar-refractivity contribution is -0.385. The number of pyridine rings is 1. The Kier molecular flexibility index (Phi) is 4.38. The Labute approximate surface area is 143 Å². The molecule has 0 fully saturated rings. The number of rotatable bonds is 5. The summed E-state index contributed by atoms with van der Waals surface area (Å²) in [6, 6.07) is 14.2. The number of ether oxygens (including phenoxy) is 1. The fourth-order valence-electron chi connectivity index (χ4n) is 2.88. The number of aryl methyl sites for hydroxylation is 1. The molecule has 3 rings (SSSR count). The minimum absolute atomic E-state index is 0.166. The fourth-order valence-corrected chi connectivity index (χ4v) is 2.88. The Hall–Kier alpha value is -3.35. The van der Waals surface area contributed by atoms with Gasteiger partial charge >= 0.3 is 11.2 Å². The van der Waals surface area contributed by atoms with E-state index in [9.17, 15) is 14.9 Å². The van der Waals surface area contributed by atoms with E-state index in [1.54, 1.807) is 55.5 Å². The minimum atomic E-state index is -0.640. The van der Waals surface area contributed by atoms with Gasteiger partial charge in [0.25, 0.3) is 0 Å². The van der Waals surface area contributed by atoms with Gasteiger partial charge in [0.2, 0.25) is 0 Å². The third-order valence-electron chi connectivity index (χ3n) is 4.01. The molecule has 1 heterocycles. The quantitative estimate of drug-likeness (QED) is 0.566. The molecule has 0 bridgehead atoms. The molecule has 0 aliphatic heterocycles. The summed E-state index contributed by atoms with van der Waals surface area (Å²) in [7, 11) is 1.52. The second-order valence-electron chi connectivity index (χ2n) is 5.37. The van der Waals surface area contributed by atoms with Crippen LogP contribution in [0.3, 0.4) is 0 Å². The molecule has 1 N–H and O–H groups in total. The molecule has 0 saturated heterocycles. The van der Waals surface area contributed by atoms with Gasteiger partial charge in [-0.3, -0.25) is 14.9 Å². The summed E-state index contributed by atoms with van der Waals surface area (Å²) < 4.78 is 6.69. The van der Waals surface area contributed by atoms with Crippen LogP contribution in [0.25, 0.3) is 10.9 Å². The molecular weight excluding hydrogens is 322 g/mol. The number of fused-ring (bicyclic) bond motifs is 1. The molecule has 7 heteroatoms. The van der Waals surface area contributed by atoms with E-state index < -0.39 is 16.2 Å². The van der Waals surface area contributed by atoms with Gasteiger partial charge in [0.1, 0.15) is 11.4 Å². The van der Waals surface area contributed by atoms with Gasteiger partial charge in [-0.2, -0.15) is 0 Å². The van der Waals surface area contributed by atoms with Gasteiger partial charge in [0.05, 0.1) is 23.2 Å². The van der Waals surface area contributed by atoms with Crippen LogP contribution in [0, 0.1) is 10.1 Å². The molecule has 0 amide bonds. The van der Waals surface area contributed by atoms with E-state index in [4.69, 9.17) is 4.74 Å². The Morgan fingerprint density at radius 2 is 1.84 bits per heavy atom. The maximum atomic E-state index is 12.7. The zero-order valence-electron chi connectivity index (χ0n) is 13.9. The number of nitrogens with one attached hydrogen (secondary N) is 1. The second-order valence-corrected chi connectivity index (χ2v) is 5.37. The summed E-state index contributed by atoms with van der Waals surface area (Å²) in [4.78, 5) is 23.7. The molecule has 128 valence electrons. The average molecular weight is 339 g/mol. The highest BCUT2D eigenvalue weighted by Crippen LogP contribution is 2.35. The van der Waals surface area contributed by atoms with Crippen LogP contribution in [0.15, 0.2) is 53.3 Å². The van der Waals surface area contributed by atoms with E-state index in [-0.39, 0.29) is 5.69 Å². The van der Waals surface area contributed by atoms with Crippen LogP contribution in [0.1, 0.15) is 6.92 Å².